The lowest BCUT2D eigenvalue weighted by Crippen LogP contribution is -2.40. The molecule has 0 bridgehead atoms. The molecule has 2 saturated heterocycles. The van der Waals surface area contributed by atoms with Gasteiger partial charge >= 0.3 is 0 Å². The van der Waals surface area contributed by atoms with Gasteiger partial charge in [0.1, 0.15) is 0 Å². The van der Waals surface area contributed by atoms with Crippen molar-refractivity contribution in [3.8, 4) is 0 Å². The molecule has 2 aromatic heterocycles. The Kier molecular flexibility index (Phi) is 4.49. The van der Waals surface area contributed by atoms with Crippen LogP contribution in [0.15, 0.2) is 10.9 Å². The lowest BCUT2D eigenvalue weighted by Gasteiger charge is -2.26. The fourth-order valence-electron chi connectivity index (χ4n) is 4.28. The summed E-state index contributed by atoms with van der Waals surface area (Å²) in [6.45, 7) is 5.27. The number of H-pyrrole nitrogens is 1. The zero-order valence-electron chi connectivity index (χ0n) is 15.8. The van der Waals surface area contributed by atoms with Crippen LogP contribution in [0.4, 0.5) is 0 Å². The third-order valence-corrected chi connectivity index (χ3v) is 5.72. The van der Waals surface area contributed by atoms with Crippen LogP contribution in [0, 0.1) is 6.92 Å². The highest BCUT2D eigenvalue weighted by atomic mass is 16.2. The summed E-state index contributed by atoms with van der Waals surface area (Å²) in [4.78, 5) is 45.3. The SMILES string of the molecule is CCc1c(C)nc2cc([C@@H]3CCCN3C(=O)CN3CCCC3=O)[nH]n2c1=O. The Morgan fingerprint density at radius 3 is 2.81 bits per heavy atom. The normalized spacial score (nSPS) is 20.2. The van der Waals surface area contributed by atoms with Crippen LogP contribution < -0.4 is 5.56 Å². The first-order valence-electron chi connectivity index (χ1n) is 9.68. The van der Waals surface area contributed by atoms with E-state index in [9.17, 15) is 14.4 Å². The highest BCUT2D eigenvalue weighted by molar-refractivity contribution is 5.86. The van der Waals surface area contributed by atoms with Gasteiger partial charge in [-0.05, 0) is 32.6 Å². The van der Waals surface area contributed by atoms with Crippen LogP contribution >= 0.6 is 0 Å². The summed E-state index contributed by atoms with van der Waals surface area (Å²) in [5, 5.41) is 3.16. The van der Waals surface area contributed by atoms with Crippen molar-refractivity contribution in [3.63, 3.8) is 0 Å². The van der Waals surface area contributed by atoms with Crippen LogP contribution in [0.5, 0.6) is 0 Å². The van der Waals surface area contributed by atoms with Crippen LogP contribution in [-0.2, 0) is 16.0 Å². The summed E-state index contributed by atoms with van der Waals surface area (Å²) in [5.74, 6) is 0.0279. The van der Waals surface area contributed by atoms with Gasteiger partial charge in [-0.3, -0.25) is 19.5 Å². The number of aromatic amines is 1. The molecule has 0 saturated carbocycles. The molecule has 27 heavy (non-hydrogen) atoms. The molecule has 2 aromatic rings. The second kappa shape index (κ2) is 6.83. The summed E-state index contributed by atoms with van der Waals surface area (Å²) in [6, 6.07) is 1.76. The summed E-state index contributed by atoms with van der Waals surface area (Å²) in [7, 11) is 0. The predicted octanol–water partition coefficient (Wildman–Crippen LogP) is 1.18. The van der Waals surface area contributed by atoms with Gasteiger partial charge in [0.2, 0.25) is 11.8 Å². The van der Waals surface area contributed by atoms with Crippen LogP contribution in [-0.4, -0.2) is 55.8 Å². The molecular formula is C19H25N5O3. The van der Waals surface area contributed by atoms with Gasteiger partial charge in [-0.25, -0.2) is 9.50 Å². The molecule has 8 nitrogen and oxygen atoms in total. The second-order valence-electron chi connectivity index (χ2n) is 7.40. The molecule has 2 aliphatic heterocycles. The Morgan fingerprint density at radius 2 is 2.11 bits per heavy atom. The number of fused-ring (bicyclic) bond motifs is 1. The van der Waals surface area contributed by atoms with Crippen LogP contribution in [0.2, 0.25) is 0 Å². The lowest BCUT2D eigenvalue weighted by atomic mass is 10.1. The predicted molar refractivity (Wildman–Crippen MR) is 99.4 cm³/mol. The van der Waals surface area contributed by atoms with E-state index in [2.05, 4.69) is 10.1 Å². The maximum atomic E-state index is 12.8. The Labute approximate surface area is 157 Å². The quantitative estimate of drug-likeness (QED) is 0.874. The zero-order valence-corrected chi connectivity index (χ0v) is 15.8. The lowest BCUT2D eigenvalue weighted by molar-refractivity contribution is -0.139. The Balaban J connectivity index is 1.62. The van der Waals surface area contributed by atoms with Gasteiger partial charge in [0, 0.05) is 36.8 Å². The average Bonchev–Trinajstić information content (AvgIpc) is 3.35. The Hall–Kier alpha value is -2.64. The minimum Gasteiger partial charge on any atom is -0.333 e. The molecule has 0 aliphatic carbocycles. The molecule has 0 spiro atoms. The smallest absolute Gasteiger partial charge is 0.276 e. The first kappa shape index (κ1) is 17.8. The number of aromatic nitrogens is 3. The monoisotopic (exact) mass is 371 g/mol. The second-order valence-corrected chi connectivity index (χ2v) is 7.40. The van der Waals surface area contributed by atoms with Crippen molar-refractivity contribution in [2.45, 2.75) is 52.0 Å². The molecule has 0 radical (unpaired) electrons. The number of nitrogens with one attached hydrogen (secondary N) is 1. The van der Waals surface area contributed by atoms with Crippen molar-refractivity contribution in [3.05, 3.63) is 33.4 Å². The number of hydrogen-bond acceptors (Lipinski definition) is 4. The van der Waals surface area contributed by atoms with Gasteiger partial charge in [-0.2, -0.15) is 0 Å². The maximum absolute atomic E-state index is 12.8. The van der Waals surface area contributed by atoms with Gasteiger partial charge in [0.15, 0.2) is 5.65 Å². The third kappa shape index (κ3) is 3.02. The van der Waals surface area contributed by atoms with Crippen LogP contribution in [0.25, 0.3) is 5.65 Å². The topological polar surface area (TPSA) is 90.8 Å². The molecule has 1 atom stereocenters. The van der Waals surface area contributed by atoms with Gasteiger partial charge in [0.25, 0.3) is 5.56 Å². The summed E-state index contributed by atoms with van der Waals surface area (Å²) in [6.07, 6.45) is 3.73. The number of nitrogens with zero attached hydrogens (tertiary/aromatic N) is 4. The van der Waals surface area contributed by atoms with Gasteiger partial charge in [-0.1, -0.05) is 6.92 Å². The van der Waals surface area contributed by atoms with E-state index in [1.807, 2.05) is 24.8 Å². The van der Waals surface area contributed by atoms with Crippen molar-refractivity contribution in [2.75, 3.05) is 19.6 Å². The molecule has 2 amide bonds. The molecule has 4 heterocycles. The minimum atomic E-state index is -0.110. The molecular weight excluding hydrogens is 346 g/mol. The first-order chi connectivity index (χ1) is 13.0. The number of carbonyl (C=O) groups is 2. The van der Waals surface area contributed by atoms with E-state index in [4.69, 9.17) is 0 Å². The first-order valence-corrected chi connectivity index (χ1v) is 9.68. The van der Waals surface area contributed by atoms with Crippen LogP contribution in [0.3, 0.4) is 0 Å². The number of likely N-dealkylation sites (tertiary alicyclic amines) is 2. The van der Waals surface area contributed by atoms with E-state index in [1.54, 1.807) is 4.90 Å². The maximum Gasteiger partial charge on any atom is 0.276 e. The summed E-state index contributed by atoms with van der Waals surface area (Å²) in [5.41, 5.74) is 2.78. The van der Waals surface area contributed by atoms with Crippen molar-refractivity contribution in [1.82, 2.24) is 24.4 Å². The van der Waals surface area contributed by atoms with Crippen molar-refractivity contribution in [1.29, 1.82) is 0 Å². The highest BCUT2D eigenvalue weighted by Gasteiger charge is 2.33. The number of hydrogen-bond donors (Lipinski definition) is 1. The van der Waals surface area contributed by atoms with E-state index in [-0.39, 0.29) is 30.0 Å². The molecule has 1 N–H and O–H groups in total. The van der Waals surface area contributed by atoms with Crippen molar-refractivity contribution >= 4 is 17.5 Å². The number of amides is 2. The Morgan fingerprint density at radius 1 is 1.30 bits per heavy atom. The van der Waals surface area contributed by atoms with E-state index >= 15 is 0 Å². The fourth-order valence-corrected chi connectivity index (χ4v) is 4.28. The van der Waals surface area contributed by atoms with Gasteiger partial charge in [0.05, 0.1) is 18.3 Å². The number of aryl methyl sites for hydroxylation is 1. The van der Waals surface area contributed by atoms with E-state index in [0.29, 0.717) is 37.1 Å². The molecule has 8 heteroatoms. The van der Waals surface area contributed by atoms with Crippen molar-refractivity contribution < 1.29 is 9.59 Å². The molecule has 4 rings (SSSR count). The zero-order chi connectivity index (χ0) is 19.1. The summed E-state index contributed by atoms with van der Waals surface area (Å²) >= 11 is 0. The fraction of sp³-hybridized carbons (Fsp3) is 0.579. The number of rotatable bonds is 4. The van der Waals surface area contributed by atoms with Gasteiger partial charge < -0.3 is 9.80 Å². The molecule has 2 aliphatic rings. The standard InChI is InChI=1S/C19H25N5O3/c1-3-13-12(2)20-16-10-14(21-24(16)19(13)27)15-6-4-9-23(15)18(26)11-22-8-5-7-17(22)25/h10,15,21H,3-9,11H2,1-2H3/t15-/m0/s1. The van der Waals surface area contributed by atoms with E-state index in [1.165, 1.54) is 4.52 Å². The molecule has 144 valence electrons. The molecule has 0 aromatic carbocycles. The Bertz CT molecular complexity index is 960. The van der Waals surface area contributed by atoms with E-state index in [0.717, 1.165) is 30.7 Å². The molecule has 0 unspecified atom stereocenters. The largest absolute Gasteiger partial charge is 0.333 e. The highest BCUT2D eigenvalue weighted by Crippen LogP contribution is 2.31. The summed E-state index contributed by atoms with van der Waals surface area (Å²) < 4.78 is 1.48. The van der Waals surface area contributed by atoms with Crippen LogP contribution in [0.1, 0.15) is 55.6 Å². The minimum absolute atomic E-state index is 0.0304. The van der Waals surface area contributed by atoms with E-state index < -0.39 is 0 Å². The third-order valence-electron chi connectivity index (χ3n) is 5.72. The molecule has 2 fully saturated rings. The number of carbonyl (C=O) groups excluding carboxylic acids is 2. The average molecular weight is 371 g/mol. The van der Waals surface area contributed by atoms with Crippen molar-refractivity contribution in [2.24, 2.45) is 0 Å². The van der Waals surface area contributed by atoms with Gasteiger partial charge in [-0.15, -0.1) is 0 Å².